The first-order valence-electron chi connectivity index (χ1n) is 5.04. The van der Waals surface area contributed by atoms with Gasteiger partial charge >= 0.3 is 0 Å². The van der Waals surface area contributed by atoms with Crippen molar-refractivity contribution >= 4 is 5.82 Å². The molecule has 0 radical (unpaired) electrons. The van der Waals surface area contributed by atoms with Crippen molar-refractivity contribution in [2.24, 2.45) is 7.05 Å². The van der Waals surface area contributed by atoms with Crippen LogP contribution in [0.5, 0.6) is 0 Å². The van der Waals surface area contributed by atoms with Crippen LogP contribution in [0.2, 0.25) is 0 Å². The minimum atomic E-state index is 0.823. The lowest BCUT2D eigenvalue weighted by Crippen LogP contribution is -2.02. The van der Waals surface area contributed by atoms with E-state index in [1.165, 1.54) is 11.1 Å². The quantitative estimate of drug-likeness (QED) is 0.826. The predicted molar refractivity (Wildman–Crippen MR) is 61.7 cm³/mol. The molecule has 0 unspecified atom stereocenters. The molecule has 0 spiro atoms. The van der Waals surface area contributed by atoms with Gasteiger partial charge in [-0.2, -0.15) is 5.10 Å². The number of aromatic nitrogens is 2. The molecule has 15 heavy (non-hydrogen) atoms. The molecule has 0 saturated carbocycles. The van der Waals surface area contributed by atoms with Gasteiger partial charge in [-0.25, -0.2) is 0 Å². The van der Waals surface area contributed by atoms with Gasteiger partial charge in [0.2, 0.25) is 0 Å². The van der Waals surface area contributed by atoms with Crippen molar-refractivity contribution in [2.45, 2.75) is 13.5 Å². The highest BCUT2D eigenvalue weighted by molar-refractivity contribution is 5.35. The molecule has 0 bridgehead atoms. The highest BCUT2D eigenvalue weighted by Gasteiger charge is 1.98. The van der Waals surface area contributed by atoms with E-state index < -0.39 is 0 Å². The molecule has 0 aliphatic carbocycles. The Labute approximate surface area is 89.7 Å². The molecule has 3 nitrogen and oxygen atoms in total. The first-order valence-corrected chi connectivity index (χ1v) is 5.04. The van der Waals surface area contributed by atoms with E-state index in [1.54, 1.807) is 4.68 Å². The van der Waals surface area contributed by atoms with Gasteiger partial charge in [0.1, 0.15) is 5.82 Å². The molecule has 0 aliphatic heterocycles. The van der Waals surface area contributed by atoms with E-state index in [9.17, 15) is 0 Å². The number of aryl methyl sites for hydroxylation is 2. The molecule has 0 atom stereocenters. The summed E-state index contributed by atoms with van der Waals surface area (Å²) in [5.74, 6) is 0.917. The second kappa shape index (κ2) is 4.17. The van der Waals surface area contributed by atoms with Crippen molar-refractivity contribution in [3.05, 3.63) is 47.7 Å². The zero-order valence-electron chi connectivity index (χ0n) is 9.07. The Balaban J connectivity index is 2.02. The third kappa shape index (κ3) is 2.37. The van der Waals surface area contributed by atoms with Crippen LogP contribution in [0.1, 0.15) is 11.1 Å². The maximum Gasteiger partial charge on any atom is 0.148 e. The Hall–Kier alpha value is -1.77. The number of nitrogens with one attached hydrogen (secondary N) is 1. The Morgan fingerprint density at radius 1 is 1.27 bits per heavy atom. The molecule has 2 rings (SSSR count). The number of rotatable bonds is 3. The number of benzene rings is 1. The third-order valence-corrected chi connectivity index (χ3v) is 2.43. The standard InChI is InChI=1S/C12H15N3/c1-10-5-3-4-6-11(10)9-13-12-7-8-15(2)14-12/h3-8H,9H2,1-2H3,(H,13,14). The largest absolute Gasteiger partial charge is 0.365 e. The Kier molecular flexibility index (Phi) is 2.72. The second-order valence-electron chi connectivity index (χ2n) is 3.65. The zero-order chi connectivity index (χ0) is 10.7. The summed E-state index contributed by atoms with van der Waals surface area (Å²) >= 11 is 0. The van der Waals surface area contributed by atoms with Crippen LogP contribution in [0.4, 0.5) is 5.82 Å². The summed E-state index contributed by atoms with van der Waals surface area (Å²) in [5, 5.41) is 7.55. The van der Waals surface area contributed by atoms with Gasteiger partial charge in [-0.1, -0.05) is 24.3 Å². The molecule has 1 heterocycles. The minimum absolute atomic E-state index is 0.823. The average molecular weight is 201 g/mol. The topological polar surface area (TPSA) is 29.9 Å². The fourth-order valence-corrected chi connectivity index (χ4v) is 1.50. The maximum absolute atomic E-state index is 4.26. The van der Waals surface area contributed by atoms with Crippen LogP contribution >= 0.6 is 0 Å². The summed E-state index contributed by atoms with van der Waals surface area (Å²) in [7, 11) is 1.92. The van der Waals surface area contributed by atoms with Gasteiger partial charge in [-0.3, -0.25) is 4.68 Å². The minimum Gasteiger partial charge on any atom is -0.365 e. The first kappa shape index (κ1) is 9.77. The monoisotopic (exact) mass is 201 g/mol. The predicted octanol–water partition coefficient (Wildman–Crippen LogP) is 2.34. The van der Waals surface area contributed by atoms with Crippen molar-refractivity contribution in [1.82, 2.24) is 9.78 Å². The number of anilines is 1. The lowest BCUT2D eigenvalue weighted by Gasteiger charge is -2.05. The van der Waals surface area contributed by atoms with Crippen LogP contribution in [0, 0.1) is 6.92 Å². The molecule has 0 fully saturated rings. The van der Waals surface area contributed by atoms with Gasteiger partial charge in [0.15, 0.2) is 0 Å². The van der Waals surface area contributed by atoms with Crippen molar-refractivity contribution < 1.29 is 0 Å². The molecule has 1 aromatic heterocycles. The summed E-state index contributed by atoms with van der Waals surface area (Å²) in [6, 6.07) is 10.3. The highest BCUT2D eigenvalue weighted by atomic mass is 15.3. The van der Waals surface area contributed by atoms with Crippen LogP contribution in [0.3, 0.4) is 0 Å². The zero-order valence-corrected chi connectivity index (χ0v) is 9.07. The van der Waals surface area contributed by atoms with Gasteiger partial charge in [0.05, 0.1) is 0 Å². The summed E-state index contributed by atoms with van der Waals surface area (Å²) in [6.07, 6.45) is 1.93. The van der Waals surface area contributed by atoms with Crippen LogP contribution in [0.15, 0.2) is 36.5 Å². The Morgan fingerprint density at radius 3 is 2.73 bits per heavy atom. The molecule has 0 aliphatic rings. The van der Waals surface area contributed by atoms with Gasteiger partial charge in [-0.15, -0.1) is 0 Å². The number of nitrogens with zero attached hydrogens (tertiary/aromatic N) is 2. The smallest absolute Gasteiger partial charge is 0.148 e. The van der Waals surface area contributed by atoms with Crippen LogP contribution in [-0.2, 0) is 13.6 Å². The lowest BCUT2D eigenvalue weighted by molar-refractivity contribution is 0.768. The Morgan fingerprint density at radius 2 is 2.07 bits per heavy atom. The van der Waals surface area contributed by atoms with E-state index in [2.05, 4.69) is 41.6 Å². The van der Waals surface area contributed by atoms with Crippen LogP contribution < -0.4 is 5.32 Å². The molecule has 3 heteroatoms. The number of hydrogen-bond donors (Lipinski definition) is 1. The second-order valence-corrected chi connectivity index (χ2v) is 3.65. The van der Waals surface area contributed by atoms with Crippen molar-refractivity contribution in [1.29, 1.82) is 0 Å². The maximum atomic E-state index is 4.26. The fraction of sp³-hybridized carbons (Fsp3) is 0.250. The van der Waals surface area contributed by atoms with Crippen molar-refractivity contribution in [3.63, 3.8) is 0 Å². The Bertz CT molecular complexity index is 446. The third-order valence-electron chi connectivity index (χ3n) is 2.43. The normalized spacial score (nSPS) is 10.3. The summed E-state index contributed by atoms with van der Waals surface area (Å²) in [6.45, 7) is 2.94. The molecule has 2 aromatic rings. The average Bonchev–Trinajstić information content (AvgIpc) is 2.63. The fourth-order valence-electron chi connectivity index (χ4n) is 1.50. The van der Waals surface area contributed by atoms with Gasteiger partial charge in [-0.05, 0) is 18.1 Å². The first-order chi connectivity index (χ1) is 7.25. The molecule has 0 amide bonds. The van der Waals surface area contributed by atoms with Gasteiger partial charge < -0.3 is 5.32 Å². The van der Waals surface area contributed by atoms with E-state index in [-0.39, 0.29) is 0 Å². The molecule has 78 valence electrons. The molecule has 1 N–H and O–H groups in total. The summed E-state index contributed by atoms with van der Waals surface area (Å²) in [4.78, 5) is 0. The van der Waals surface area contributed by atoms with Crippen LogP contribution in [-0.4, -0.2) is 9.78 Å². The van der Waals surface area contributed by atoms with Crippen LogP contribution in [0.25, 0.3) is 0 Å². The molecule has 0 saturated heterocycles. The highest BCUT2D eigenvalue weighted by Crippen LogP contribution is 2.09. The molecular formula is C12H15N3. The van der Waals surface area contributed by atoms with Crippen molar-refractivity contribution in [2.75, 3.05) is 5.32 Å². The van der Waals surface area contributed by atoms with Crippen molar-refractivity contribution in [3.8, 4) is 0 Å². The SMILES string of the molecule is Cc1ccccc1CNc1ccn(C)n1. The van der Waals surface area contributed by atoms with E-state index >= 15 is 0 Å². The molecular weight excluding hydrogens is 186 g/mol. The van der Waals surface area contributed by atoms with Gasteiger partial charge in [0, 0.05) is 25.9 Å². The molecule has 1 aromatic carbocycles. The van der Waals surface area contributed by atoms with E-state index in [0.717, 1.165) is 12.4 Å². The summed E-state index contributed by atoms with van der Waals surface area (Å²) in [5.41, 5.74) is 2.61. The van der Waals surface area contributed by atoms with Gasteiger partial charge in [0.25, 0.3) is 0 Å². The lowest BCUT2D eigenvalue weighted by atomic mass is 10.1. The summed E-state index contributed by atoms with van der Waals surface area (Å²) < 4.78 is 1.79. The van der Waals surface area contributed by atoms with E-state index in [1.807, 2.05) is 19.3 Å². The van der Waals surface area contributed by atoms with E-state index in [0.29, 0.717) is 0 Å². The number of hydrogen-bond acceptors (Lipinski definition) is 2. The van der Waals surface area contributed by atoms with E-state index in [4.69, 9.17) is 0 Å².